The van der Waals surface area contributed by atoms with Gasteiger partial charge in [-0.3, -0.25) is 10.1 Å². The van der Waals surface area contributed by atoms with Crippen LogP contribution in [-0.2, 0) is 12.3 Å². The Balaban J connectivity index is 0.00000129. The van der Waals surface area contributed by atoms with Gasteiger partial charge >= 0.3 is 0 Å². The minimum Gasteiger partial charge on any atom is -0.464 e. The summed E-state index contributed by atoms with van der Waals surface area (Å²) in [6, 6.07) is 3.98. The Labute approximate surface area is 149 Å². The van der Waals surface area contributed by atoms with Crippen molar-refractivity contribution >= 4 is 11.8 Å². The van der Waals surface area contributed by atoms with Gasteiger partial charge in [-0.15, -0.1) is 10.1 Å². The fourth-order valence-corrected chi connectivity index (χ4v) is 2.38. The summed E-state index contributed by atoms with van der Waals surface area (Å²) in [5.41, 5.74) is 0. The van der Waals surface area contributed by atoms with E-state index < -0.39 is 10.0 Å². The smallest absolute Gasteiger partial charge is 0.291 e. The Morgan fingerprint density at radius 3 is 2.48 bits per heavy atom. The van der Waals surface area contributed by atoms with Crippen LogP contribution in [0.1, 0.15) is 11.5 Å². The molecule has 0 amide bonds. The van der Waals surface area contributed by atoms with Gasteiger partial charge in [-0.2, -0.15) is 11.8 Å². The number of nitro groups is 1. The van der Waals surface area contributed by atoms with Gasteiger partial charge in [0.15, 0.2) is 5.82 Å². The number of hydrogen-bond donors (Lipinski definition) is 3. The SMILES string of the molecule is CN/C(=C\[N+](=O)[O-])NCCSCc1ccc(CN(C)C)o1.O=[N+]([O-])O. The molecule has 0 saturated carbocycles. The lowest BCUT2D eigenvalue weighted by Crippen LogP contribution is -2.26. The maximum atomic E-state index is 10.3. The molecule has 0 aliphatic rings. The first kappa shape index (κ1) is 22.5. The van der Waals surface area contributed by atoms with Crippen molar-refractivity contribution in [1.29, 1.82) is 0 Å². The van der Waals surface area contributed by atoms with E-state index in [0.717, 1.165) is 35.8 Å². The highest BCUT2D eigenvalue weighted by Gasteiger charge is 2.04. The molecule has 0 fully saturated rings. The molecule has 0 saturated heterocycles. The zero-order chi connectivity index (χ0) is 19.2. The van der Waals surface area contributed by atoms with Crippen LogP contribution in [0.4, 0.5) is 0 Å². The van der Waals surface area contributed by atoms with Crippen molar-refractivity contribution in [3.63, 3.8) is 0 Å². The van der Waals surface area contributed by atoms with Crippen LogP contribution in [0.5, 0.6) is 0 Å². The molecular weight excluding hydrogens is 354 g/mol. The summed E-state index contributed by atoms with van der Waals surface area (Å²) in [6.45, 7) is 1.44. The second-order valence-corrected chi connectivity index (χ2v) is 6.01. The summed E-state index contributed by atoms with van der Waals surface area (Å²) >= 11 is 1.72. The summed E-state index contributed by atoms with van der Waals surface area (Å²) < 4.78 is 5.70. The van der Waals surface area contributed by atoms with Crippen LogP contribution in [0.15, 0.2) is 28.6 Å². The molecule has 0 aromatic carbocycles. The van der Waals surface area contributed by atoms with Crippen LogP contribution in [-0.4, -0.2) is 53.6 Å². The third kappa shape index (κ3) is 13.6. The molecule has 0 aliphatic heterocycles. The summed E-state index contributed by atoms with van der Waals surface area (Å²) in [6.07, 6.45) is 0.921. The molecule has 0 bridgehead atoms. The van der Waals surface area contributed by atoms with Crippen molar-refractivity contribution in [3.8, 4) is 0 Å². The Bertz CT molecular complexity index is 559. The summed E-state index contributed by atoms with van der Waals surface area (Å²) in [5.74, 6) is 3.95. The molecule has 12 heteroatoms. The second kappa shape index (κ2) is 12.9. The summed E-state index contributed by atoms with van der Waals surface area (Å²) in [4.78, 5) is 20.3. The Hall–Kier alpha value is -2.47. The monoisotopic (exact) mass is 377 g/mol. The van der Waals surface area contributed by atoms with Crippen LogP contribution < -0.4 is 10.6 Å². The van der Waals surface area contributed by atoms with E-state index in [-0.39, 0.29) is 0 Å². The van der Waals surface area contributed by atoms with Crippen LogP contribution >= 0.6 is 11.8 Å². The number of nitrogens with zero attached hydrogens (tertiary/aromatic N) is 3. The number of thioether (sulfide) groups is 1. The van der Waals surface area contributed by atoms with Gasteiger partial charge in [0.2, 0.25) is 0 Å². The van der Waals surface area contributed by atoms with Crippen LogP contribution in [0, 0.1) is 20.2 Å². The van der Waals surface area contributed by atoms with Crippen molar-refractivity contribution in [2.24, 2.45) is 0 Å². The van der Waals surface area contributed by atoms with Gasteiger partial charge in [0.05, 0.1) is 17.2 Å². The largest absolute Gasteiger partial charge is 0.464 e. The molecule has 1 aromatic rings. The molecule has 1 rings (SSSR count). The van der Waals surface area contributed by atoms with Gasteiger partial charge in [-0.1, -0.05) is 0 Å². The van der Waals surface area contributed by atoms with E-state index in [9.17, 15) is 10.1 Å². The molecule has 0 radical (unpaired) electrons. The topological polar surface area (TPSA) is 147 Å². The zero-order valence-electron chi connectivity index (χ0n) is 14.3. The average Bonchev–Trinajstić information content (AvgIpc) is 2.91. The Morgan fingerprint density at radius 1 is 1.36 bits per heavy atom. The van der Waals surface area contributed by atoms with Gasteiger partial charge in [0.25, 0.3) is 11.3 Å². The molecule has 142 valence electrons. The van der Waals surface area contributed by atoms with E-state index in [2.05, 4.69) is 15.5 Å². The molecule has 1 aromatic heterocycles. The van der Waals surface area contributed by atoms with E-state index in [0.29, 0.717) is 12.4 Å². The van der Waals surface area contributed by atoms with Gasteiger partial charge in [0, 0.05) is 19.3 Å². The van der Waals surface area contributed by atoms with E-state index in [1.54, 1.807) is 18.8 Å². The number of rotatable bonds is 10. The molecular formula is C13H23N5O6S. The standard InChI is InChI=1S/C13H22N4O3S.HNO3/c1-14-13(9-17(18)19)15-6-7-21-10-12-5-4-11(20-12)8-16(2)3;2-1(3)4/h4-5,9,14-15H,6-8,10H2,1-3H3;(H,2,3,4)/b13-9+;. The maximum absolute atomic E-state index is 10.3. The summed E-state index contributed by atoms with van der Waals surface area (Å²) in [5, 5.41) is 29.7. The third-order valence-corrected chi connectivity index (χ3v) is 3.48. The molecule has 0 atom stereocenters. The first-order valence-electron chi connectivity index (χ1n) is 7.14. The van der Waals surface area contributed by atoms with Crippen LogP contribution in [0.2, 0.25) is 0 Å². The van der Waals surface area contributed by atoms with Crippen molar-refractivity contribution in [2.45, 2.75) is 12.3 Å². The van der Waals surface area contributed by atoms with Gasteiger partial charge < -0.3 is 25.2 Å². The zero-order valence-corrected chi connectivity index (χ0v) is 15.1. The molecule has 11 nitrogen and oxygen atoms in total. The Kier molecular flexibility index (Phi) is 11.6. The molecule has 0 aliphatic carbocycles. The predicted molar refractivity (Wildman–Crippen MR) is 93.2 cm³/mol. The minimum atomic E-state index is -1.50. The fraction of sp³-hybridized carbons (Fsp3) is 0.538. The van der Waals surface area contributed by atoms with Gasteiger partial charge in [-0.25, -0.2) is 0 Å². The quantitative estimate of drug-likeness (QED) is 0.308. The van der Waals surface area contributed by atoms with Gasteiger partial charge in [-0.05, 0) is 26.2 Å². The number of furan rings is 1. The molecule has 3 N–H and O–H groups in total. The number of nitrogens with one attached hydrogen (secondary N) is 2. The predicted octanol–water partition coefficient (Wildman–Crippen LogP) is 1.11. The van der Waals surface area contributed by atoms with Crippen molar-refractivity contribution < 1.29 is 19.6 Å². The number of hydrogen-bond acceptors (Lipinski definition) is 9. The highest BCUT2D eigenvalue weighted by Crippen LogP contribution is 2.15. The molecule has 0 unspecified atom stereocenters. The lowest BCUT2D eigenvalue weighted by Gasteiger charge is -2.07. The summed E-state index contributed by atoms with van der Waals surface area (Å²) in [7, 11) is 5.64. The van der Waals surface area contributed by atoms with E-state index in [4.69, 9.17) is 19.7 Å². The second-order valence-electron chi connectivity index (χ2n) is 4.90. The third-order valence-electron chi connectivity index (χ3n) is 2.50. The fourth-order valence-electron chi connectivity index (χ4n) is 1.63. The lowest BCUT2D eigenvalue weighted by molar-refractivity contribution is -0.742. The highest BCUT2D eigenvalue weighted by atomic mass is 32.2. The van der Waals surface area contributed by atoms with E-state index in [1.165, 1.54) is 0 Å². The lowest BCUT2D eigenvalue weighted by atomic mass is 10.4. The molecule has 1 heterocycles. The highest BCUT2D eigenvalue weighted by molar-refractivity contribution is 7.98. The molecule has 0 spiro atoms. The Morgan fingerprint density at radius 2 is 1.96 bits per heavy atom. The average molecular weight is 377 g/mol. The maximum Gasteiger partial charge on any atom is 0.291 e. The first-order chi connectivity index (χ1) is 11.7. The van der Waals surface area contributed by atoms with Crippen molar-refractivity contribution in [1.82, 2.24) is 15.5 Å². The normalized spacial score (nSPS) is 10.8. The van der Waals surface area contributed by atoms with E-state index >= 15 is 0 Å². The van der Waals surface area contributed by atoms with E-state index in [1.807, 2.05) is 26.2 Å². The van der Waals surface area contributed by atoms with Crippen LogP contribution in [0.3, 0.4) is 0 Å². The van der Waals surface area contributed by atoms with Gasteiger partial charge in [0.1, 0.15) is 11.5 Å². The van der Waals surface area contributed by atoms with Crippen molar-refractivity contribution in [3.05, 3.63) is 55.9 Å². The van der Waals surface area contributed by atoms with Crippen LogP contribution in [0.25, 0.3) is 0 Å². The first-order valence-corrected chi connectivity index (χ1v) is 8.30. The minimum absolute atomic E-state index is 0.409. The van der Waals surface area contributed by atoms with Crippen molar-refractivity contribution in [2.75, 3.05) is 33.4 Å². The molecule has 25 heavy (non-hydrogen) atoms.